The van der Waals surface area contributed by atoms with Crippen molar-refractivity contribution in [2.75, 3.05) is 20.2 Å². The molecule has 0 N–H and O–H groups in total. The summed E-state index contributed by atoms with van der Waals surface area (Å²) in [5.74, 6) is 1.56. The molecular weight excluding hydrogens is 344 g/mol. The number of hydrogen-bond donors (Lipinski definition) is 0. The fraction of sp³-hybridized carbons (Fsp3) is 0.353. The lowest BCUT2D eigenvalue weighted by Crippen LogP contribution is -2.27. The number of thioether (sulfide) groups is 1. The summed E-state index contributed by atoms with van der Waals surface area (Å²) in [6.45, 7) is 1.21. The van der Waals surface area contributed by atoms with Crippen LogP contribution in [0, 0.1) is 0 Å². The van der Waals surface area contributed by atoms with E-state index in [0.717, 1.165) is 34.9 Å². The monoisotopic (exact) mass is 364 g/mol. The Morgan fingerprint density at radius 2 is 1.92 bits per heavy atom. The van der Waals surface area contributed by atoms with E-state index in [4.69, 9.17) is 4.74 Å². The molecular formula is C17H20N2O3S2. The number of sulfonamides is 1. The number of rotatable bonds is 6. The van der Waals surface area contributed by atoms with E-state index < -0.39 is 10.0 Å². The zero-order chi connectivity index (χ0) is 17.0. The summed E-state index contributed by atoms with van der Waals surface area (Å²) >= 11 is 1.56. The van der Waals surface area contributed by atoms with Gasteiger partial charge in [-0.2, -0.15) is 4.31 Å². The Labute approximate surface area is 147 Å². The maximum atomic E-state index is 12.5. The highest BCUT2D eigenvalue weighted by atomic mass is 32.2. The number of nitrogens with zero attached hydrogens (tertiary/aromatic N) is 2. The molecule has 24 heavy (non-hydrogen) atoms. The first-order chi connectivity index (χ1) is 11.6. The predicted molar refractivity (Wildman–Crippen MR) is 94.8 cm³/mol. The van der Waals surface area contributed by atoms with Gasteiger partial charge in [-0.05, 0) is 31.0 Å². The lowest BCUT2D eigenvalue weighted by molar-refractivity contribution is 0.411. The standard InChI is InChI=1S/C17H20N2O3S2/c1-22-16-7-3-2-6-14(16)13-23-17-9-8-15(12-18-17)24(20,21)19-10-4-5-11-19/h2-3,6-9,12H,4-5,10-11,13H2,1H3. The minimum atomic E-state index is -3.39. The molecule has 1 aromatic heterocycles. The van der Waals surface area contributed by atoms with Crippen LogP contribution in [-0.2, 0) is 15.8 Å². The molecule has 7 heteroatoms. The number of benzene rings is 1. The average Bonchev–Trinajstić information content (AvgIpc) is 3.16. The van der Waals surface area contributed by atoms with Crippen molar-refractivity contribution in [3.8, 4) is 5.75 Å². The molecule has 0 atom stereocenters. The van der Waals surface area contributed by atoms with Crippen LogP contribution in [0.5, 0.6) is 5.75 Å². The summed E-state index contributed by atoms with van der Waals surface area (Å²) < 4.78 is 31.8. The van der Waals surface area contributed by atoms with Crippen molar-refractivity contribution in [2.24, 2.45) is 0 Å². The third-order valence-electron chi connectivity index (χ3n) is 3.98. The minimum absolute atomic E-state index is 0.269. The summed E-state index contributed by atoms with van der Waals surface area (Å²) in [7, 11) is -1.74. The predicted octanol–water partition coefficient (Wildman–Crippen LogP) is 3.17. The fourth-order valence-corrected chi connectivity index (χ4v) is 4.95. The molecule has 3 rings (SSSR count). The van der Waals surface area contributed by atoms with Crippen molar-refractivity contribution in [1.82, 2.24) is 9.29 Å². The summed E-state index contributed by atoms with van der Waals surface area (Å²) in [4.78, 5) is 4.57. The van der Waals surface area contributed by atoms with E-state index in [2.05, 4.69) is 4.98 Å². The second-order valence-electron chi connectivity index (χ2n) is 5.54. The molecule has 2 heterocycles. The number of para-hydroxylation sites is 1. The lowest BCUT2D eigenvalue weighted by atomic mass is 10.2. The topological polar surface area (TPSA) is 59.5 Å². The van der Waals surface area contributed by atoms with Crippen LogP contribution in [0.4, 0.5) is 0 Å². The Morgan fingerprint density at radius 3 is 2.58 bits per heavy atom. The Morgan fingerprint density at radius 1 is 1.17 bits per heavy atom. The zero-order valence-corrected chi connectivity index (χ0v) is 15.1. The van der Waals surface area contributed by atoms with E-state index in [0.29, 0.717) is 13.1 Å². The van der Waals surface area contributed by atoms with Crippen LogP contribution in [0.1, 0.15) is 18.4 Å². The first kappa shape index (κ1) is 17.3. The van der Waals surface area contributed by atoms with E-state index in [9.17, 15) is 8.42 Å². The number of aromatic nitrogens is 1. The number of hydrogen-bond acceptors (Lipinski definition) is 5. The zero-order valence-electron chi connectivity index (χ0n) is 13.5. The summed E-state index contributed by atoms with van der Waals surface area (Å²) in [5, 5.41) is 0.793. The van der Waals surface area contributed by atoms with Gasteiger partial charge in [0.25, 0.3) is 0 Å². The van der Waals surface area contributed by atoms with Crippen molar-refractivity contribution in [3.05, 3.63) is 48.2 Å². The first-order valence-corrected chi connectivity index (χ1v) is 10.2. The van der Waals surface area contributed by atoms with Gasteiger partial charge in [0.15, 0.2) is 0 Å². The molecule has 1 aromatic carbocycles. The Kier molecular flexibility index (Phi) is 5.43. The highest BCUT2D eigenvalue weighted by Crippen LogP contribution is 2.28. The number of methoxy groups -OCH3 is 1. The van der Waals surface area contributed by atoms with Crippen LogP contribution in [0.15, 0.2) is 52.5 Å². The lowest BCUT2D eigenvalue weighted by Gasteiger charge is -2.15. The molecule has 1 saturated heterocycles. The molecule has 0 unspecified atom stereocenters. The number of ether oxygens (including phenoxy) is 1. The smallest absolute Gasteiger partial charge is 0.244 e. The maximum absolute atomic E-state index is 12.5. The molecule has 1 aliphatic rings. The SMILES string of the molecule is COc1ccccc1CSc1ccc(S(=O)(=O)N2CCCC2)cn1. The normalized spacial score (nSPS) is 15.5. The van der Waals surface area contributed by atoms with Crippen molar-refractivity contribution in [2.45, 2.75) is 28.5 Å². The molecule has 0 spiro atoms. The van der Waals surface area contributed by atoms with E-state index >= 15 is 0 Å². The second-order valence-corrected chi connectivity index (χ2v) is 8.48. The van der Waals surface area contributed by atoms with Gasteiger partial charge in [-0.1, -0.05) is 18.2 Å². The highest BCUT2D eigenvalue weighted by Gasteiger charge is 2.27. The van der Waals surface area contributed by atoms with Gasteiger partial charge in [-0.15, -0.1) is 11.8 Å². The van der Waals surface area contributed by atoms with Gasteiger partial charge in [0.2, 0.25) is 10.0 Å². The molecule has 0 aliphatic carbocycles. The van der Waals surface area contributed by atoms with Gasteiger partial charge >= 0.3 is 0 Å². The molecule has 1 fully saturated rings. The third kappa shape index (κ3) is 3.74. The highest BCUT2D eigenvalue weighted by molar-refractivity contribution is 7.98. The van der Waals surface area contributed by atoms with Gasteiger partial charge in [-0.3, -0.25) is 0 Å². The largest absolute Gasteiger partial charge is 0.496 e. The van der Waals surface area contributed by atoms with Gasteiger partial charge in [0, 0.05) is 30.6 Å². The number of pyridine rings is 1. The van der Waals surface area contributed by atoms with Crippen molar-refractivity contribution in [3.63, 3.8) is 0 Å². The molecule has 0 bridgehead atoms. The van der Waals surface area contributed by atoms with Crippen molar-refractivity contribution < 1.29 is 13.2 Å². The molecule has 2 aromatic rings. The average molecular weight is 364 g/mol. The van der Waals surface area contributed by atoms with Gasteiger partial charge in [0.1, 0.15) is 10.6 Å². The van der Waals surface area contributed by atoms with Crippen LogP contribution < -0.4 is 4.74 Å². The fourth-order valence-electron chi connectivity index (χ4n) is 2.66. The Bertz CT molecular complexity index is 786. The molecule has 0 radical (unpaired) electrons. The summed E-state index contributed by atoms with van der Waals surface area (Å²) in [6, 6.07) is 11.3. The van der Waals surface area contributed by atoms with E-state index in [1.165, 1.54) is 10.5 Å². The van der Waals surface area contributed by atoms with Crippen molar-refractivity contribution >= 4 is 21.8 Å². The first-order valence-electron chi connectivity index (χ1n) is 7.82. The van der Waals surface area contributed by atoms with Crippen LogP contribution in [0.25, 0.3) is 0 Å². The van der Waals surface area contributed by atoms with Crippen LogP contribution >= 0.6 is 11.8 Å². The van der Waals surface area contributed by atoms with Crippen molar-refractivity contribution in [1.29, 1.82) is 0 Å². The molecule has 1 aliphatic heterocycles. The molecule has 5 nitrogen and oxygen atoms in total. The third-order valence-corrected chi connectivity index (χ3v) is 6.85. The van der Waals surface area contributed by atoms with Gasteiger partial charge in [-0.25, -0.2) is 13.4 Å². The Hall–Kier alpha value is -1.57. The van der Waals surface area contributed by atoms with E-state index in [-0.39, 0.29) is 4.90 Å². The van der Waals surface area contributed by atoms with E-state index in [1.807, 2.05) is 24.3 Å². The van der Waals surface area contributed by atoms with Crippen LogP contribution in [-0.4, -0.2) is 37.9 Å². The Balaban J connectivity index is 1.68. The molecule has 128 valence electrons. The van der Waals surface area contributed by atoms with Gasteiger partial charge < -0.3 is 4.74 Å². The van der Waals surface area contributed by atoms with Crippen LogP contribution in [0.2, 0.25) is 0 Å². The van der Waals surface area contributed by atoms with Crippen LogP contribution in [0.3, 0.4) is 0 Å². The quantitative estimate of drug-likeness (QED) is 0.737. The maximum Gasteiger partial charge on any atom is 0.244 e. The molecule has 0 amide bonds. The van der Waals surface area contributed by atoms with Gasteiger partial charge in [0.05, 0.1) is 12.1 Å². The minimum Gasteiger partial charge on any atom is -0.496 e. The van der Waals surface area contributed by atoms with E-state index in [1.54, 1.807) is 31.0 Å². The molecule has 0 saturated carbocycles. The summed E-state index contributed by atoms with van der Waals surface area (Å²) in [5.41, 5.74) is 1.08. The summed E-state index contributed by atoms with van der Waals surface area (Å²) in [6.07, 6.45) is 3.32. The second kappa shape index (κ2) is 7.55.